The maximum atomic E-state index is 12.3. The molecule has 0 radical (unpaired) electrons. The summed E-state index contributed by atoms with van der Waals surface area (Å²) < 4.78 is 0. The predicted molar refractivity (Wildman–Crippen MR) is 75.2 cm³/mol. The molecular formula is C15H20N2O3. The Morgan fingerprint density at radius 1 is 1.25 bits per heavy atom. The molecule has 2 rings (SSSR count). The highest BCUT2D eigenvalue weighted by atomic mass is 16.3. The van der Waals surface area contributed by atoms with Crippen LogP contribution in [0.15, 0.2) is 30.3 Å². The molecule has 20 heavy (non-hydrogen) atoms. The molecule has 1 N–H and O–H groups in total. The fraction of sp³-hybridized carbons (Fsp3) is 0.467. The van der Waals surface area contributed by atoms with Crippen molar-refractivity contribution in [3.05, 3.63) is 35.9 Å². The third-order valence-corrected chi connectivity index (χ3v) is 3.62. The zero-order chi connectivity index (χ0) is 14.5. The molecule has 1 aliphatic heterocycles. The van der Waals surface area contributed by atoms with E-state index in [-0.39, 0.29) is 24.5 Å². The van der Waals surface area contributed by atoms with Crippen LogP contribution in [0.1, 0.15) is 23.7 Å². The van der Waals surface area contributed by atoms with E-state index in [1.165, 1.54) is 0 Å². The lowest BCUT2D eigenvalue weighted by molar-refractivity contribution is -0.136. The van der Waals surface area contributed by atoms with Crippen molar-refractivity contribution < 1.29 is 14.7 Å². The van der Waals surface area contributed by atoms with Gasteiger partial charge in [0.1, 0.15) is 0 Å². The minimum absolute atomic E-state index is 0.0239. The molecule has 0 spiro atoms. The largest absolute Gasteiger partial charge is 0.394 e. The van der Waals surface area contributed by atoms with Crippen molar-refractivity contribution in [1.29, 1.82) is 0 Å². The summed E-state index contributed by atoms with van der Waals surface area (Å²) in [5.74, 6) is -0.0245. The molecule has 1 aromatic carbocycles. The van der Waals surface area contributed by atoms with Gasteiger partial charge in [-0.3, -0.25) is 9.59 Å². The first kappa shape index (κ1) is 14.5. The van der Waals surface area contributed by atoms with Crippen LogP contribution in [0.5, 0.6) is 0 Å². The fourth-order valence-electron chi connectivity index (χ4n) is 2.49. The maximum absolute atomic E-state index is 12.3. The van der Waals surface area contributed by atoms with Crippen LogP contribution in [0.4, 0.5) is 0 Å². The zero-order valence-electron chi connectivity index (χ0n) is 11.7. The second-order valence-electron chi connectivity index (χ2n) is 4.89. The van der Waals surface area contributed by atoms with Crippen molar-refractivity contribution >= 4 is 11.8 Å². The zero-order valence-corrected chi connectivity index (χ0v) is 11.7. The monoisotopic (exact) mass is 276 g/mol. The summed E-state index contributed by atoms with van der Waals surface area (Å²) in [4.78, 5) is 27.5. The number of benzene rings is 1. The number of aliphatic hydroxyl groups excluding tert-OH is 1. The molecule has 1 aliphatic rings. The smallest absolute Gasteiger partial charge is 0.253 e. The Hall–Kier alpha value is -1.88. The number of amides is 2. The van der Waals surface area contributed by atoms with Gasteiger partial charge in [-0.2, -0.15) is 0 Å². The van der Waals surface area contributed by atoms with E-state index in [9.17, 15) is 14.7 Å². The first-order chi connectivity index (χ1) is 9.67. The third-order valence-electron chi connectivity index (χ3n) is 3.62. The van der Waals surface area contributed by atoms with Gasteiger partial charge >= 0.3 is 0 Å². The van der Waals surface area contributed by atoms with Crippen molar-refractivity contribution in [3.63, 3.8) is 0 Å². The Balaban J connectivity index is 2.07. The Bertz CT molecular complexity index is 475. The quantitative estimate of drug-likeness (QED) is 0.886. The van der Waals surface area contributed by atoms with E-state index in [0.717, 1.165) is 0 Å². The van der Waals surface area contributed by atoms with Gasteiger partial charge in [0.15, 0.2) is 0 Å². The molecule has 0 aromatic heterocycles. The van der Waals surface area contributed by atoms with Gasteiger partial charge in [0.2, 0.25) is 5.91 Å². The van der Waals surface area contributed by atoms with Gasteiger partial charge in [-0.15, -0.1) is 0 Å². The summed E-state index contributed by atoms with van der Waals surface area (Å²) in [6.45, 7) is 3.06. The van der Waals surface area contributed by atoms with E-state index >= 15 is 0 Å². The Morgan fingerprint density at radius 2 is 1.95 bits per heavy atom. The number of nitrogens with zero attached hydrogens (tertiary/aromatic N) is 2. The molecule has 5 nitrogen and oxygen atoms in total. The Labute approximate surface area is 118 Å². The molecule has 1 atom stereocenters. The average Bonchev–Trinajstić information content (AvgIpc) is 2.53. The van der Waals surface area contributed by atoms with Crippen molar-refractivity contribution in [2.75, 3.05) is 26.2 Å². The van der Waals surface area contributed by atoms with Gasteiger partial charge in [-0.1, -0.05) is 25.1 Å². The summed E-state index contributed by atoms with van der Waals surface area (Å²) in [6, 6.07) is 8.77. The predicted octanol–water partition coefficient (Wildman–Crippen LogP) is 0.742. The van der Waals surface area contributed by atoms with Crippen LogP contribution in [0.2, 0.25) is 0 Å². The molecule has 108 valence electrons. The summed E-state index contributed by atoms with van der Waals surface area (Å²) in [5.41, 5.74) is 0.638. The van der Waals surface area contributed by atoms with Crippen molar-refractivity contribution in [2.45, 2.75) is 19.4 Å². The lowest BCUT2D eigenvalue weighted by Gasteiger charge is -2.40. The molecule has 1 saturated heterocycles. The first-order valence-electron chi connectivity index (χ1n) is 6.92. The highest BCUT2D eigenvalue weighted by Gasteiger charge is 2.31. The number of carbonyl (C=O) groups excluding carboxylic acids is 2. The molecule has 2 amide bonds. The number of hydrogen-bond acceptors (Lipinski definition) is 3. The SMILES string of the molecule is CCC(=O)N1CCN(C(=O)c2ccccc2)CC1CO. The van der Waals surface area contributed by atoms with Gasteiger partial charge < -0.3 is 14.9 Å². The fourth-order valence-corrected chi connectivity index (χ4v) is 2.49. The summed E-state index contributed by atoms with van der Waals surface area (Å²) in [6.07, 6.45) is 0.420. The molecule has 1 fully saturated rings. The van der Waals surface area contributed by atoms with Crippen LogP contribution < -0.4 is 0 Å². The number of rotatable bonds is 3. The maximum Gasteiger partial charge on any atom is 0.253 e. The second kappa shape index (κ2) is 6.52. The van der Waals surface area contributed by atoms with Crippen LogP contribution in [0, 0.1) is 0 Å². The van der Waals surface area contributed by atoms with E-state index in [1.54, 1.807) is 28.9 Å². The standard InChI is InChI=1S/C15H20N2O3/c1-2-14(19)17-9-8-16(10-13(17)11-18)15(20)12-6-4-3-5-7-12/h3-7,13,18H,2,8-11H2,1H3. The Kier molecular flexibility index (Phi) is 4.74. The highest BCUT2D eigenvalue weighted by Crippen LogP contribution is 2.14. The van der Waals surface area contributed by atoms with Crippen LogP contribution in [0.25, 0.3) is 0 Å². The van der Waals surface area contributed by atoms with Crippen molar-refractivity contribution in [2.24, 2.45) is 0 Å². The topological polar surface area (TPSA) is 60.9 Å². The van der Waals surface area contributed by atoms with Gasteiger partial charge in [0.25, 0.3) is 5.91 Å². The van der Waals surface area contributed by atoms with Crippen LogP contribution >= 0.6 is 0 Å². The molecule has 1 unspecified atom stereocenters. The molecule has 1 heterocycles. The van der Waals surface area contributed by atoms with Crippen LogP contribution in [-0.4, -0.2) is 59.0 Å². The first-order valence-corrected chi connectivity index (χ1v) is 6.92. The molecule has 0 saturated carbocycles. The van der Waals surface area contributed by atoms with Crippen molar-refractivity contribution in [3.8, 4) is 0 Å². The normalized spacial score (nSPS) is 19.0. The minimum atomic E-state index is -0.302. The Morgan fingerprint density at radius 3 is 2.55 bits per heavy atom. The van der Waals surface area contributed by atoms with E-state index in [2.05, 4.69) is 0 Å². The minimum Gasteiger partial charge on any atom is -0.394 e. The molecule has 0 bridgehead atoms. The van der Waals surface area contributed by atoms with E-state index in [4.69, 9.17) is 0 Å². The molecular weight excluding hydrogens is 256 g/mol. The molecule has 0 aliphatic carbocycles. The van der Waals surface area contributed by atoms with Gasteiger partial charge in [0, 0.05) is 31.6 Å². The highest BCUT2D eigenvalue weighted by molar-refractivity contribution is 5.94. The lowest BCUT2D eigenvalue weighted by Crippen LogP contribution is -2.57. The molecule has 1 aromatic rings. The van der Waals surface area contributed by atoms with Crippen molar-refractivity contribution in [1.82, 2.24) is 9.80 Å². The second-order valence-corrected chi connectivity index (χ2v) is 4.89. The van der Waals surface area contributed by atoms with Crippen LogP contribution in [0.3, 0.4) is 0 Å². The number of piperazine rings is 1. The van der Waals surface area contributed by atoms with E-state index < -0.39 is 0 Å². The average molecular weight is 276 g/mol. The number of hydrogen-bond donors (Lipinski definition) is 1. The third kappa shape index (κ3) is 2.99. The summed E-state index contributed by atoms with van der Waals surface area (Å²) >= 11 is 0. The van der Waals surface area contributed by atoms with Crippen LogP contribution in [-0.2, 0) is 4.79 Å². The number of aliphatic hydroxyl groups is 1. The lowest BCUT2D eigenvalue weighted by atomic mass is 10.1. The van der Waals surface area contributed by atoms with Gasteiger partial charge in [-0.05, 0) is 12.1 Å². The van der Waals surface area contributed by atoms with Gasteiger partial charge in [0.05, 0.1) is 12.6 Å². The van der Waals surface area contributed by atoms with Gasteiger partial charge in [-0.25, -0.2) is 0 Å². The number of carbonyl (C=O) groups is 2. The molecule has 5 heteroatoms. The van der Waals surface area contributed by atoms with E-state index in [1.807, 2.05) is 18.2 Å². The van der Waals surface area contributed by atoms with E-state index in [0.29, 0.717) is 31.6 Å². The summed E-state index contributed by atoms with van der Waals surface area (Å²) in [5, 5.41) is 9.44. The summed E-state index contributed by atoms with van der Waals surface area (Å²) in [7, 11) is 0.